The van der Waals surface area contributed by atoms with Crippen molar-refractivity contribution in [1.29, 1.82) is 0 Å². The SMILES string of the molecule is CC1(C)CNCCC1n1cc(C2CC2)c2cc(N3CCC(=O)NC3=O)cnc21. The highest BCUT2D eigenvalue weighted by Crippen LogP contribution is 2.46. The van der Waals surface area contributed by atoms with Gasteiger partial charge < -0.3 is 9.88 Å². The number of nitrogens with one attached hydrogen (secondary N) is 2. The van der Waals surface area contributed by atoms with Crippen molar-refractivity contribution in [3.05, 3.63) is 24.0 Å². The number of fused-ring (bicyclic) bond motifs is 1. The summed E-state index contributed by atoms with van der Waals surface area (Å²) in [6.07, 6.45) is 7.94. The fourth-order valence-electron chi connectivity index (χ4n) is 4.73. The number of amides is 3. The number of nitrogens with zero attached hydrogens (tertiary/aromatic N) is 3. The third-order valence-corrected chi connectivity index (χ3v) is 6.48. The molecule has 7 heteroatoms. The normalized spacial score (nSPS) is 25.2. The fourth-order valence-corrected chi connectivity index (χ4v) is 4.73. The van der Waals surface area contributed by atoms with Crippen LogP contribution >= 0.6 is 0 Å². The monoisotopic (exact) mass is 381 g/mol. The molecule has 2 aliphatic heterocycles. The van der Waals surface area contributed by atoms with E-state index in [9.17, 15) is 9.59 Å². The number of carbonyl (C=O) groups excluding carboxylic acids is 2. The molecule has 7 nitrogen and oxygen atoms in total. The Morgan fingerprint density at radius 2 is 2.04 bits per heavy atom. The lowest BCUT2D eigenvalue weighted by Crippen LogP contribution is -2.49. The van der Waals surface area contributed by atoms with Crippen LogP contribution in [0.4, 0.5) is 10.5 Å². The van der Waals surface area contributed by atoms with Crippen LogP contribution in [-0.2, 0) is 4.79 Å². The summed E-state index contributed by atoms with van der Waals surface area (Å²) in [7, 11) is 0. The van der Waals surface area contributed by atoms with Gasteiger partial charge in [0.05, 0.1) is 11.9 Å². The van der Waals surface area contributed by atoms with Crippen LogP contribution in [0.3, 0.4) is 0 Å². The van der Waals surface area contributed by atoms with E-state index in [1.165, 1.54) is 18.4 Å². The molecule has 2 N–H and O–H groups in total. The smallest absolute Gasteiger partial charge is 0.328 e. The first-order valence-corrected chi connectivity index (χ1v) is 10.3. The Kier molecular flexibility index (Phi) is 3.98. The Morgan fingerprint density at radius 1 is 1.21 bits per heavy atom. The average molecular weight is 381 g/mol. The number of urea groups is 1. The molecular weight excluding hydrogens is 354 g/mol. The van der Waals surface area contributed by atoms with Crippen LogP contribution in [0.2, 0.25) is 0 Å². The van der Waals surface area contributed by atoms with E-state index in [2.05, 4.69) is 41.3 Å². The van der Waals surface area contributed by atoms with Crippen molar-refractivity contribution in [2.24, 2.45) is 5.41 Å². The molecule has 2 saturated heterocycles. The highest BCUT2D eigenvalue weighted by Gasteiger charge is 2.37. The number of aromatic nitrogens is 2. The van der Waals surface area contributed by atoms with E-state index >= 15 is 0 Å². The van der Waals surface area contributed by atoms with Gasteiger partial charge in [-0.25, -0.2) is 9.78 Å². The van der Waals surface area contributed by atoms with E-state index < -0.39 is 0 Å². The zero-order valence-electron chi connectivity index (χ0n) is 16.5. The maximum absolute atomic E-state index is 12.3. The summed E-state index contributed by atoms with van der Waals surface area (Å²) in [5.41, 5.74) is 3.28. The fraction of sp³-hybridized carbons (Fsp3) is 0.571. The molecule has 0 radical (unpaired) electrons. The van der Waals surface area contributed by atoms with Crippen molar-refractivity contribution in [3.63, 3.8) is 0 Å². The molecule has 2 aromatic heterocycles. The van der Waals surface area contributed by atoms with Gasteiger partial charge in [0.1, 0.15) is 5.65 Å². The van der Waals surface area contributed by atoms with Crippen LogP contribution < -0.4 is 15.5 Å². The molecule has 3 fully saturated rings. The molecule has 0 spiro atoms. The molecule has 3 amide bonds. The summed E-state index contributed by atoms with van der Waals surface area (Å²) < 4.78 is 2.38. The Balaban J connectivity index is 1.59. The summed E-state index contributed by atoms with van der Waals surface area (Å²) in [5, 5.41) is 7.07. The molecule has 0 aromatic carbocycles. The van der Waals surface area contributed by atoms with Crippen LogP contribution in [-0.4, -0.2) is 41.1 Å². The van der Waals surface area contributed by atoms with Gasteiger partial charge in [0.2, 0.25) is 5.91 Å². The van der Waals surface area contributed by atoms with E-state index in [0.29, 0.717) is 24.9 Å². The van der Waals surface area contributed by atoms with Crippen LogP contribution in [0, 0.1) is 5.41 Å². The van der Waals surface area contributed by atoms with E-state index in [0.717, 1.165) is 36.2 Å². The molecule has 4 heterocycles. The minimum absolute atomic E-state index is 0.151. The number of pyridine rings is 1. The first kappa shape index (κ1) is 17.7. The molecule has 1 saturated carbocycles. The van der Waals surface area contributed by atoms with Crippen molar-refractivity contribution in [3.8, 4) is 0 Å². The largest absolute Gasteiger partial charge is 0.329 e. The number of rotatable bonds is 3. The standard InChI is InChI=1S/C21H27N5O2/c1-21(2)12-22-7-5-17(21)26-11-16(13-3-4-13)15-9-14(10-23-19(15)26)25-8-6-18(27)24-20(25)28/h9-11,13,17,22H,3-8,12H2,1-2H3,(H,24,27,28). The van der Waals surface area contributed by atoms with Crippen molar-refractivity contribution in [1.82, 2.24) is 20.2 Å². The molecule has 1 atom stereocenters. The highest BCUT2D eigenvalue weighted by molar-refractivity contribution is 6.06. The van der Waals surface area contributed by atoms with Gasteiger partial charge >= 0.3 is 6.03 Å². The maximum Gasteiger partial charge on any atom is 0.328 e. The maximum atomic E-state index is 12.3. The molecule has 2 aromatic rings. The molecule has 148 valence electrons. The number of hydrogen-bond donors (Lipinski definition) is 2. The number of anilines is 1. The lowest BCUT2D eigenvalue weighted by atomic mass is 9.80. The molecular formula is C21H27N5O2. The Labute approximate surface area is 164 Å². The van der Waals surface area contributed by atoms with Crippen molar-refractivity contribution in [2.45, 2.75) is 51.5 Å². The molecule has 1 aliphatic carbocycles. The zero-order chi connectivity index (χ0) is 19.5. The van der Waals surface area contributed by atoms with Gasteiger partial charge in [0.25, 0.3) is 0 Å². The average Bonchev–Trinajstić information content (AvgIpc) is 3.43. The summed E-state index contributed by atoms with van der Waals surface area (Å²) in [6.45, 7) is 7.05. The van der Waals surface area contributed by atoms with E-state index in [-0.39, 0.29) is 17.4 Å². The lowest BCUT2D eigenvalue weighted by Gasteiger charge is -2.40. The molecule has 28 heavy (non-hydrogen) atoms. The third-order valence-electron chi connectivity index (χ3n) is 6.48. The predicted octanol–water partition coefficient (Wildman–Crippen LogP) is 2.92. The van der Waals surface area contributed by atoms with Crippen molar-refractivity contribution >= 4 is 28.7 Å². The second-order valence-electron chi connectivity index (χ2n) is 9.06. The molecule has 5 rings (SSSR count). The van der Waals surface area contributed by atoms with Gasteiger partial charge in [0, 0.05) is 37.1 Å². The van der Waals surface area contributed by atoms with Crippen LogP contribution in [0.25, 0.3) is 11.0 Å². The molecule has 1 unspecified atom stereocenters. The summed E-state index contributed by atoms with van der Waals surface area (Å²) >= 11 is 0. The van der Waals surface area contributed by atoms with Gasteiger partial charge in [0.15, 0.2) is 0 Å². The third kappa shape index (κ3) is 2.89. The van der Waals surface area contributed by atoms with Gasteiger partial charge in [-0.05, 0) is 48.8 Å². The lowest BCUT2D eigenvalue weighted by molar-refractivity contribution is -0.120. The first-order valence-electron chi connectivity index (χ1n) is 10.3. The van der Waals surface area contributed by atoms with E-state index in [1.54, 1.807) is 11.1 Å². The number of carbonyl (C=O) groups is 2. The number of imide groups is 1. The Bertz CT molecular complexity index is 959. The van der Waals surface area contributed by atoms with E-state index in [4.69, 9.17) is 4.98 Å². The van der Waals surface area contributed by atoms with Gasteiger partial charge in [-0.2, -0.15) is 0 Å². The van der Waals surface area contributed by atoms with Crippen LogP contribution in [0.15, 0.2) is 18.5 Å². The second-order valence-corrected chi connectivity index (χ2v) is 9.06. The summed E-state index contributed by atoms with van der Waals surface area (Å²) in [4.78, 5) is 30.2. The molecule has 0 bridgehead atoms. The quantitative estimate of drug-likeness (QED) is 0.857. The van der Waals surface area contributed by atoms with Gasteiger partial charge in [-0.3, -0.25) is 15.0 Å². The second kappa shape index (κ2) is 6.30. The van der Waals surface area contributed by atoms with Gasteiger partial charge in [-0.15, -0.1) is 0 Å². The Hall–Kier alpha value is -2.41. The van der Waals surface area contributed by atoms with Crippen LogP contribution in [0.1, 0.15) is 57.1 Å². The first-order chi connectivity index (χ1) is 13.4. The van der Waals surface area contributed by atoms with Crippen molar-refractivity contribution in [2.75, 3.05) is 24.5 Å². The number of hydrogen-bond acceptors (Lipinski definition) is 4. The topological polar surface area (TPSA) is 79.3 Å². The predicted molar refractivity (Wildman–Crippen MR) is 108 cm³/mol. The van der Waals surface area contributed by atoms with Gasteiger partial charge in [-0.1, -0.05) is 13.8 Å². The van der Waals surface area contributed by atoms with Crippen LogP contribution in [0.5, 0.6) is 0 Å². The minimum Gasteiger partial charge on any atom is -0.329 e. The highest BCUT2D eigenvalue weighted by atomic mass is 16.2. The summed E-state index contributed by atoms with van der Waals surface area (Å²) in [5.74, 6) is 0.385. The number of piperidine rings is 1. The minimum atomic E-state index is -0.357. The zero-order valence-corrected chi connectivity index (χ0v) is 16.5. The van der Waals surface area contributed by atoms with Crippen molar-refractivity contribution < 1.29 is 9.59 Å². The summed E-state index contributed by atoms with van der Waals surface area (Å²) in [6, 6.07) is 2.14. The van der Waals surface area contributed by atoms with E-state index in [1.807, 2.05) is 0 Å². The molecule has 3 aliphatic rings. The Morgan fingerprint density at radius 3 is 2.75 bits per heavy atom.